The number of carbonyl (C=O) groups excluding carboxylic acids is 2. The molecule has 9 heteroatoms. The minimum absolute atomic E-state index is 0.0638. The van der Waals surface area contributed by atoms with E-state index in [1.54, 1.807) is 0 Å². The van der Waals surface area contributed by atoms with E-state index in [4.69, 9.17) is 14.2 Å². The second kappa shape index (κ2) is 16.1. The average molecular weight is 630 g/mol. The fraction of sp³-hybridized carbons (Fsp3) is 0.861. The molecule has 0 aromatic carbocycles. The maximum absolute atomic E-state index is 13.9. The summed E-state index contributed by atoms with van der Waals surface area (Å²) >= 11 is 0. The van der Waals surface area contributed by atoms with Crippen LogP contribution in [-0.4, -0.2) is 64.8 Å². The lowest BCUT2D eigenvalue weighted by molar-refractivity contribution is -0.609. The Bertz CT molecular complexity index is 1060. The summed E-state index contributed by atoms with van der Waals surface area (Å²) in [4.78, 5) is 24.4. The van der Waals surface area contributed by atoms with Crippen molar-refractivity contribution in [2.75, 3.05) is 6.61 Å². The van der Waals surface area contributed by atoms with Gasteiger partial charge in [-0.25, -0.2) is 10.6 Å². The highest BCUT2D eigenvalue weighted by Crippen LogP contribution is 2.45. The van der Waals surface area contributed by atoms with Gasteiger partial charge in [-0.3, -0.25) is 9.37 Å². The van der Waals surface area contributed by atoms with Crippen LogP contribution in [0.3, 0.4) is 0 Å². The Morgan fingerprint density at radius 3 is 2.36 bits per heavy atom. The van der Waals surface area contributed by atoms with Crippen molar-refractivity contribution in [1.82, 2.24) is 10.6 Å². The van der Waals surface area contributed by atoms with Gasteiger partial charge >= 0.3 is 11.9 Å². The first kappa shape index (κ1) is 34.2. The van der Waals surface area contributed by atoms with Crippen LogP contribution in [-0.2, 0) is 23.8 Å². The summed E-state index contributed by atoms with van der Waals surface area (Å²) in [6, 6.07) is 0.395. The molecule has 45 heavy (non-hydrogen) atoms. The number of guanidine groups is 1. The van der Waals surface area contributed by atoms with Crippen LogP contribution in [0.1, 0.15) is 149 Å². The number of carboxylic acids is 1. The molecule has 2 fully saturated rings. The van der Waals surface area contributed by atoms with Crippen LogP contribution >= 0.6 is 0 Å². The van der Waals surface area contributed by atoms with Crippen molar-refractivity contribution in [2.24, 2.45) is 5.92 Å². The van der Waals surface area contributed by atoms with Gasteiger partial charge in [-0.15, -0.1) is 0 Å². The Morgan fingerprint density at radius 1 is 0.956 bits per heavy atom. The summed E-state index contributed by atoms with van der Waals surface area (Å²) < 4.78 is 22.0. The van der Waals surface area contributed by atoms with Crippen molar-refractivity contribution >= 4 is 17.9 Å². The highest BCUT2D eigenvalue weighted by atomic mass is 16.6. The molecule has 0 aliphatic carbocycles. The molecule has 5 aliphatic rings. The molecular weight excluding hydrogens is 570 g/mol. The first-order chi connectivity index (χ1) is 21.8. The van der Waals surface area contributed by atoms with Crippen LogP contribution in [0.4, 0.5) is 0 Å². The molecule has 5 rings (SSSR count). The van der Waals surface area contributed by atoms with Crippen molar-refractivity contribution in [1.29, 1.82) is 0 Å². The van der Waals surface area contributed by atoms with Gasteiger partial charge in [-0.1, -0.05) is 76.9 Å². The lowest BCUT2D eigenvalue weighted by atomic mass is 9.80. The van der Waals surface area contributed by atoms with E-state index in [1.807, 2.05) is 0 Å². The number of nitrogens with one attached hydrogen (secondary N) is 2. The van der Waals surface area contributed by atoms with E-state index in [0.29, 0.717) is 12.6 Å². The number of aliphatic carboxylic acids is 1. The topological polar surface area (TPSA) is 112 Å². The number of hydrogen-bond acceptors (Lipinski definition) is 8. The fourth-order valence-electron chi connectivity index (χ4n) is 8.62. The quantitative estimate of drug-likeness (QED) is 0.104. The maximum Gasteiger partial charge on any atom is 0.350 e. The zero-order chi connectivity index (χ0) is 31.7. The minimum Gasteiger partial charge on any atom is -0.550 e. The largest absolute Gasteiger partial charge is 0.550 e. The second-order valence-corrected chi connectivity index (χ2v) is 14.4. The number of allylic oxidation sites excluding steroid dienone is 1. The summed E-state index contributed by atoms with van der Waals surface area (Å²) in [5.41, 5.74) is -1.16. The van der Waals surface area contributed by atoms with Gasteiger partial charge < -0.3 is 24.1 Å². The normalized spacial score (nSPS) is 33.9. The van der Waals surface area contributed by atoms with Crippen molar-refractivity contribution in [3.8, 4) is 0 Å². The van der Waals surface area contributed by atoms with Crippen LogP contribution in [0.25, 0.3) is 0 Å². The van der Waals surface area contributed by atoms with E-state index in [0.717, 1.165) is 95.9 Å². The summed E-state index contributed by atoms with van der Waals surface area (Å²) in [6.07, 6.45) is 25.6. The van der Waals surface area contributed by atoms with Gasteiger partial charge in [-0.2, -0.15) is 0 Å². The van der Waals surface area contributed by atoms with E-state index in [-0.39, 0.29) is 36.6 Å². The van der Waals surface area contributed by atoms with E-state index in [2.05, 4.69) is 41.2 Å². The maximum atomic E-state index is 13.9. The zero-order valence-electron chi connectivity index (χ0n) is 28.0. The molecule has 0 aromatic heterocycles. The van der Waals surface area contributed by atoms with Crippen molar-refractivity contribution in [3.63, 3.8) is 0 Å². The summed E-state index contributed by atoms with van der Waals surface area (Å²) in [7, 11) is 0. The SMILES string of the molecule is CCC1C=CCCC2(CC3CCC4C(C(=O)OCCCCCCCCCCCCCC(=O)[O-])C5(CCCC(C)O5)NC(=[N+]34)N2)O1. The lowest BCUT2D eigenvalue weighted by Gasteiger charge is -2.50. The first-order valence-electron chi connectivity index (χ1n) is 18.5. The smallest absolute Gasteiger partial charge is 0.350 e. The molecule has 0 aromatic rings. The standard InChI is InChI=1S/C36H59N3O6/c1-3-29-19-14-15-23-35(45-29)26-28-21-22-30-32(36(24-17-18-27(2)44-36)38-34(37-35)39(28)30)33(42)43-25-16-12-10-8-6-4-5-7-9-11-13-20-31(40)41/h14,19,27-30,32H,3-13,15-18,20-26H2,1-2H3,(H2,37,38,40,41). The van der Waals surface area contributed by atoms with Gasteiger partial charge in [0.2, 0.25) is 5.72 Å². The molecule has 7 unspecified atom stereocenters. The van der Waals surface area contributed by atoms with E-state index in [9.17, 15) is 14.7 Å². The van der Waals surface area contributed by atoms with Gasteiger partial charge in [0, 0.05) is 25.2 Å². The number of hydrogen-bond donors (Lipinski definition) is 2. The predicted octanol–water partition coefficient (Wildman–Crippen LogP) is 5.20. The predicted molar refractivity (Wildman–Crippen MR) is 171 cm³/mol. The van der Waals surface area contributed by atoms with Gasteiger partial charge in [0.25, 0.3) is 0 Å². The van der Waals surface area contributed by atoms with Crippen LogP contribution in [0.15, 0.2) is 12.2 Å². The lowest BCUT2D eigenvalue weighted by Crippen LogP contribution is -2.76. The van der Waals surface area contributed by atoms with Gasteiger partial charge in [0.1, 0.15) is 0 Å². The summed E-state index contributed by atoms with van der Waals surface area (Å²) in [5, 5.41) is 18.1. The van der Waals surface area contributed by atoms with Crippen LogP contribution in [0.5, 0.6) is 0 Å². The zero-order valence-corrected chi connectivity index (χ0v) is 28.0. The Balaban J connectivity index is 1.11. The minimum atomic E-state index is -0.937. The fourth-order valence-corrected chi connectivity index (χ4v) is 8.62. The number of carbonyl (C=O) groups is 2. The third-order valence-corrected chi connectivity index (χ3v) is 10.9. The number of nitrogens with zero attached hydrogens (tertiary/aromatic N) is 1. The third-order valence-electron chi connectivity index (χ3n) is 10.9. The molecule has 2 spiro atoms. The molecular formula is C36H59N3O6. The van der Waals surface area contributed by atoms with Crippen molar-refractivity contribution in [2.45, 2.75) is 184 Å². The molecule has 2 N–H and O–H groups in total. The van der Waals surface area contributed by atoms with Gasteiger partial charge in [0.05, 0.1) is 30.9 Å². The second-order valence-electron chi connectivity index (χ2n) is 14.4. The Morgan fingerprint density at radius 2 is 1.67 bits per heavy atom. The highest BCUT2D eigenvalue weighted by Gasteiger charge is 2.64. The van der Waals surface area contributed by atoms with E-state index >= 15 is 0 Å². The number of esters is 1. The van der Waals surface area contributed by atoms with Crippen molar-refractivity contribution < 1.29 is 33.5 Å². The number of rotatable bonds is 16. The highest BCUT2D eigenvalue weighted by molar-refractivity contribution is 5.82. The molecule has 9 nitrogen and oxygen atoms in total. The number of ether oxygens (including phenoxy) is 3. The molecule has 5 heterocycles. The molecule has 0 saturated carbocycles. The van der Waals surface area contributed by atoms with E-state index < -0.39 is 17.4 Å². The third kappa shape index (κ3) is 8.62. The summed E-state index contributed by atoms with van der Waals surface area (Å²) in [5.74, 6) is -0.416. The first-order valence-corrected chi connectivity index (χ1v) is 18.5. The molecule has 0 radical (unpaired) electrons. The number of carboxylic acid groups (broad SMARTS) is 1. The van der Waals surface area contributed by atoms with Crippen LogP contribution in [0.2, 0.25) is 0 Å². The Hall–Kier alpha value is -2.13. The Labute approximate surface area is 270 Å². The monoisotopic (exact) mass is 629 g/mol. The van der Waals surface area contributed by atoms with Crippen LogP contribution < -0.4 is 15.7 Å². The molecule has 7 atom stereocenters. The van der Waals surface area contributed by atoms with Gasteiger partial charge in [-0.05, 0) is 64.7 Å². The molecule has 0 amide bonds. The molecule has 2 saturated heterocycles. The van der Waals surface area contributed by atoms with Gasteiger partial charge in [0.15, 0.2) is 11.6 Å². The van der Waals surface area contributed by atoms with Crippen LogP contribution in [0, 0.1) is 5.92 Å². The van der Waals surface area contributed by atoms with E-state index in [1.165, 1.54) is 38.5 Å². The summed E-state index contributed by atoms with van der Waals surface area (Å²) in [6.45, 7) is 4.78. The average Bonchev–Trinajstić information content (AvgIpc) is 3.31. The Kier molecular flexibility index (Phi) is 12.3. The number of unbranched alkanes of at least 4 members (excludes halogenated alkanes) is 10. The van der Waals surface area contributed by atoms with Crippen molar-refractivity contribution in [3.05, 3.63) is 12.2 Å². The molecule has 5 aliphatic heterocycles. The molecule has 0 bridgehead atoms. The molecule has 254 valence electrons.